The van der Waals surface area contributed by atoms with Crippen molar-refractivity contribution in [2.75, 3.05) is 31.2 Å². The standard InChI is InChI=1S/C12H21N3OS/c1-4-13-7-10-8-17-11(14-10)15-5-6-16-9-12(15,2)3/h8,13H,4-7,9H2,1-3H3. The van der Waals surface area contributed by atoms with Gasteiger partial charge in [0.25, 0.3) is 0 Å². The number of hydrogen-bond donors (Lipinski definition) is 1. The minimum atomic E-state index is 0.0472. The van der Waals surface area contributed by atoms with E-state index in [0.717, 1.165) is 43.7 Å². The molecule has 2 heterocycles. The van der Waals surface area contributed by atoms with Gasteiger partial charge in [-0.2, -0.15) is 0 Å². The number of anilines is 1. The van der Waals surface area contributed by atoms with Crippen LogP contribution in [0.2, 0.25) is 0 Å². The Morgan fingerprint density at radius 3 is 3.12 bits per heavy atom. The van der Waals surface area contributed by atoms with E-state index in [1.165, 1.54) is 0 Å². The van der Waals surface area contributed by atoms with Crippen molar-refractivity contribution in [1.82, 2.24) is 10.3 Å². The SMILES string of the molecule is CCNCc1csc(N2CCOCC2(C)C)n1. The zero-order valence-corrected chi connectivity index (χ0v) is 11.6. The fourth-order valence-electron chi connectivity index (χ4n) is 1.97. The Labute approximate surface area is 107 Å². The van der Waals surface area contributed by atoms with Crippen molar-refractivity contribution >= 4 is 16.5 Å². The molecule has 0 aromatic carbocycles. The first-order chi connectivity index (χ1) is 8.13. The number of morpholine rings is 1. The Morgan fingerprint density at radius 2 is 2.41 bits per heavy atom. The van der Waals surface area contributed by atoms with Crippen LogP contribution in [0.4, 0.5) is 5.13 Å². The molecule has 0 atom stereocenters. The summed E-state index contributed by atoms with van der Waals surface area (Å²) in [4.78, 5) is 7.05. The van der Waals surface area contributed by atoms with Crippen molar-refractivity contribution in [2.24, 2.45) is 0 Å². The van der Waals surface area contributed by atoms with E-state index in [1.807, 2.05) is 0 Å². The Kier molecular flexibility index (Phi) is 4.01. The van der Waals surface area contributed by atoms with Crippen molar-refractivity contribution in [3.05, 3.63) is 11.1 Å². The van der Waals surface area contributed by atoms with Crippen LogP contribution in [0.5, 0.6) is 0 Å². The van der Waals surface area contributed by atoms with Gasteiger partial charge >= 0.3 is 0 Å². The number of nitrogens with one attached hydrogen (secondary N) is 1. The molecule has 0 bridgehead atoms. The summed E-state index contributed by atoms with van der Waals surface area (Å²) in [6.45, 7) is 10.9. The molecule has 0 saturated carbocycles. The summed E-state index contributed by atoms with van der Waals surface area (Å²) in [5.41, 5.74) is 1.18. The molecule has 0 radical (unpaired) electrons. The summed E-state index contributed by atoms with van der Waals surface area (Å²) in [5.74, 6) is 0. The van der Waals surface area contributed by atoms with E-state index in [9.17, 15) is 0 Å². The largest absolute Gasteiger partial charge is 0.377 e. The highest BCUT2D eigenvalue weighted by atomic mass is 32.1. The van der Waals surface area contributed by atoms with E-state index < -0.39 is 0 Å². The Hall–Kier alpha value is -0.650. The smallest absolute Gasteiger partial charge is 0.186 e. The van der Waals surface area contributed by atoms with E-state index in [1.54, 1.807) is 11.3 Å². The number of ether oxygens (including phenoxy) is 1. The van der Waals surface area contributed by atoms with Crippen LogP contribution in [0.25, 0.3) is 0 Å². The fourth-order valence-corrected chi connectivity index (χ4v) is 2.98. The first-order valence-corrected chi connectivity index (χ1v) is 7.02. The monoisotopic (exact) mass is 255 g/mol. The van der Waals surface area contributed by atoms with Crippen LogP contribution in [0.1, 0.15) is 26.5 Å². The van der Waals surface area contributed by atoms with Crippen LogP contribution in [0.3, 0.4) is 0 Å². The molecular weight excluding hydrogens is 234 g/mol. The van der Waals surface area contributed by atoms with E-state index in [4.69, 9.17) is 9.72 Å². The Balaban J connectivity index is 2.07. The maximum atomic E-state index is 5.53. The summed E-state index contributed by atoms with van der Waals surface area (Å²) in [6, 6.07) is 0. The van der Waals surface area contributed by atoms with Gasteiger partial charge in [-0.15, -0.1) is 11.3 Å². The summed E-state index contributed by atoms with van der Waals surface area (Å²) in [7, 11) is 0. The van der Waals surface area contributed by atoms with Gasteiger partial charge in [0.1, 0.15) is 0 Å². The van der Waals surface area contributed by atoms with Gasteiger partial charge in [-0.1, -0.05) is 6.92 Å². The average Bonchev–Trinajstić information content (AvgIpc) is 2.74. The third-order valence-corrected chi connectivity index (χ3v) is 3.88. The second-order valence-electron chi connectivity index (χ2n) is 4.92. The number of aromatic nitrogens is 1. The molecule has 1 aliphatic rings. The van der Waals surface area contributed by atoms with E-state index in [-0.39, 0.29) is 5.54 Å². The minimum Gasteiger partial charge on any atom is -0.377 e. The van der Waals surface area contributed by atoms with Crippen LogP contribution >= 0.6 is 11.3 Å². The van der Waals surface area contributed by atoms with Gasteiger partial charge in [0.15, 0.2) is 5.13 Å². The first kappa shape index (κ1) is 12.8. The highest BCUT2D eigenvalue weighted by molar-refractivity contribution is 7.13. The topological polar surface area (TPSA) is 37.4 Å². The van der Waals surface area contributed by atoms with Crippen LogP contribution in [-0.4, -0.2) is 36.8 Å². The molecule has 0 aliphatic carbocycles. The van der Waals surface area contributed by atoms with E-state index in [2.05, 4.69) is 36.4 Å². The molecule has 2 rings (SSSR count). The van der Waals surface area contributed by atoms with E-state index in [0.29, 0.717) is 0 Å². The number of nitrogens with zero attached hydrogens (tertiary/aromatic N) is 2. The fraction of sp³-hybridized carbons (Fsp3) is 0.750. The van der Waals surface area contributed by atoms with Gasteiger partial charge in [0, 0.05) is 18.5 Å². The predicted octanol–water partition coefficient (Wildman–Crippen LogP) is 1.87. The van der Waals surface area contributed by atoms with Gasteiger partial charge in [0.2, 0.25) is 0 Å². The van der Waals surface area contributed by atoms with Crippen molar-refractivity contribution in [1.29, 1.82) is 0 Å². The zero-order chi connectivity index (χ0) is 12.3. The first-order valence-electron chi connectivity index (χ1n) is 6.14. The molecule has 17 heavy (non-hydrogen) atoms. The van der Waals surface area contributed by atoms with Gasteiger partial charge < -0.3 is 15.0 Å². The second-order valence-corrected chi connectivity index (χ2v) is 5.75. The van der Waals surface area contributed by atoms with Gasteiger partial charge in [-0.3, -0.25) is 0 Å². The molecule has 1 aromatic heterocycles. The van der Waals surface area contributed by atoms with Crippen molar-refractivity contribution in [3.63, 3.8) is 0 Å². The molecule has 1 saturated heterocycles. The lowest BCUT2D eigenvalue weighted by Crippen LogP contribution is -2.53. The summed E-state index contributed by atoms with van der Waals surface area (Å²) in [5, 5.41) is 6.56. The molecular formula is C12H21N3OS. The van der Waals surface area contributed by atoms with Crippen molar-refractivity contribution in [3.8, 4) is 0 Å². The van der Waals surface area contributed by atoms with Gasteiger partial charge in [-0.05, 0) is 20.4 Å². The highest BCUT2D eigenvalue weighted by Crippen LogP contribution is 2.29. The maximum Gasteiger partial charge on any atom is 0.186 e. The van der Waals surface area contributed by atoms with Crippen LogP contribution in [0, 0.1) is 0 Å². The van der Waals surface area contributed by atoms with E-state index >= 15 is 0 Å². The van der Waals surface area contributed by atoms with Crippen molar-refractivity contribution < 1.29 is 4.74 Å². The predicted molar refractivity (Wildman–Crippen MR) is 71.7 cm³/mol. The maximum absolute atomic E-state index is 5.53. The van der Waals surface area contributed by atoms with Crippen molar-refractivity contribution in [2.45, 2.75) is 32.9 Å². The number of thiazole rings is 1. The second kappa shape index (κ2) is 5.33. The lowest BCUT2D eigenvalue weighted by molar-refractivity contribution is 0.0643. The Bertz CT molecular complexity index is 364. The molecule has 1 N–H and O–H groups in total. The summed E-state index contributed by atoms with van der Waals surface area (Å²) in [6.07, 6.45) is 0. The van der Waals surface area contributed by atoms with Gasteiger partial charge in [0.05, 0.1) is 24.4 Å². The molecule has 1 aromatic rings. The van der Waals surface area contributed by atoms with Gasteiger partial charge in [-0.25, -0.2) is 4.98 Å². The van der Waals surface area contributed by atoms with Crippen LogP contribution in [-0.2, 0) is 11.3 Å². The number of rotatable bonds is 4. The normalized spacial score (nSPS) is 19.6. The molecule has 0 amide bonds. The third kappa shape index (κ3) is 2.97. The minimum absolute atomic E-state index is 0.0472. The zero-order valence-electron chi connectivity index (χ0n) is 10.8. The lowest BCUT2D eigenvalue weighted by atomic mass is 10.0. The Morgan fingerprint density at radius 1 is 1.59 bits per heavy atom. The quantitative estimate of drug-likeness (QED) is 0.891. The lowest BCUT2D eigenvalue weighted by Gasteiger charge is -2.42. The molecule has 5 heteroatoms. The van der Waals surface area contributed by atoms with Crippen LogP contribution in [0.15, 0.2) is 5.38 Å². The summed E-state index contributed by atoms with van der Waals surface area (Å²) < 4.78 is 5.53. The summed E-state index contributed by atoms with van der Waals surface area (Å²) >= 11 is 1.73. The van der Waals surface area contributed by atoms with Crippen LogP contribution < -0.4 is 10.2 Å². The number of hydrogen-bond acceptors (Lipinski definition) is 5. The molecule has 0 spiro atoms. The molecule has 1 aliphatic heterocycles. The highest BCUT2D eigenvalue weighted by Gasteiger charge is 2.32. The molecule has 4 nitrogen and oxygen atoms in total. The average molecular weight is 255 g/mol. The third-order valence-electron chi connectivity index (χ3n) is 2.97. The molecule has 1 fully saturated rings. The molecule has 0 unspecified atom stereocenters. The molecule has 96 valence electrons.